The largest absolute Gasteiger partial charge is 0.456 e. The molecule has 0 saturated heterocycles. The van der Waals surface area contributed by atoms with E-state index >= 15 is 0 Å². The third kappa shape index (κ3) is 9.47. The Kier molecular flexibility index (Phi) is 9.60. The van der Waals surface area contributed by atoms with Crippen LogP contribution in [0.15, 0.2) is 29.2 Å². The number of amides is 2. The van der Waals surface area contributed by atoms with Gasteiger partial charge in [0, 0.05) is 25.7 Å². The Morgan fingerprint density at radius 3 is 2.29 bits per heavy atom. The molecular weight excluding hydrogens is 386 g/mol. The molecule has 0 radical (unpaired) electrons. The fourth-order valence-electron chi connectivity index (χ4n) is 2.06. The van der Waals surface area contributed by atoms with Crippen molar-refractivity contribution in [3.63, 3.8) is 0 Å². The third-order valence-electron chi connectivity index (χ3n) is 3.51. The predicted molar refractivity (Wildman–Crippen MR) is 104 cm³/mol. The maximum Gasteiger partial charge on any atom is 0.307 e. The van der Waals surface area contributed by atoms with E-state index in [0.717, 1.165) is 6.42 Å². The maximum absolute atomic E-state index is 12.2. The summed E-state index contributed by atoms with van der Waals surface area (Å²) in [6.07, 6.45) is 0.621. The van der Waals surface area contributed by atoms with Gasteiger partial charge in [0.25, 0.3) is 5.91 Å². The van der Waals surface area contributed by atoms with Gasteiger partial charge in [0.2, 0.25) is 15.9 Å². The zero-order valence-corrected chi connectivity index (χ0v) is 17.1. The fourth-order valence-corrected chi connectivity index (χ4v) is 3.09. The molecule has 10 heteroatoms. The van der Waals surface area contributed by atoms with Crippen molar-refractivity contribution in [1.82, 2.24) is 10.0 Å². The summed E-state index contributed by atoms with van der Waals surface area (Å²) in [7, 11) is -3.80. The highest BCUT2D eigenvalue weighted by Crippen LogP contribution is 2.13. The van der Waals surface area contributed by atoms with Gasteiger partial charge in [0.05, 0.1) is 11.3 Å². The van der Waals surface area contributed by atoms with Crippen LogP contribution in [-0.2, 0) is 29.1 Å². The summed E-state index contributed by atoms with van der Waals surface area (Å²) in [5.74, 6) is -0.880. The van der Waals surface area contributed by atoms with Crippen LogP contribution in [-0.4, -0.2) is 45.9 Å². The zero-order chi connectivity index (χ0) is 21.2. The molecule has 0 fully saturated rings. The predicted octanol–water partition coefficient (Wildman–Crippen LogP) is 1.02. The van der Waals surface area contributed by atoms with Gasteiger partial charge in [-0.15, -0.1) is 0 Å². The Morgan fingerprint density at radius 2 is 1.71 bits per heavy atom. The van der Waals surface area contributed by atoms with Crippen molar-refractivity contribution in [2.75, 3.05) is 25.0 Å². The van der Waals surface area contributed by atoms with Crippen LogP contribution in [0.2, 0.25) is 0 Å². The number of ether oxygens (including phenoxy) is 1. The first kappa shape index (κ1) is 23.6. The van der Waals surface area contributed by atoms with Crippen molar-refractivity contribution in [3.8, 4) is 0 Å². The van der Waals surface area contributed by atoms with Gasteiger partial charge in [-0.3, -0.25) is 14.4 Å². The summed E-state index contributed by atoms with van der Waals surface area (Å²) in [5, 5.41) is 5.17. The van der Waals surface area contributed by atoms with Crippen LogP contribution in [0.4, 0.5) is 5.69 Å². The van der Waals surface area contributed by atoms with Gasteiger partial charge in [0.1, 0.15) is 0 Å². The van der Waals surface area contributed by atoms with E-state index in [1.165, 1.54) is 31.2 Å². The van der Waals surface area contributed by atoms with Gasteiger partial charge in [-0.2, -0.15) is 0 Å². The second-order valence-electron chi connectivity index (χ2n) is 6.55. The lowest BCUT2D eigenvalue weighted by atomic mass is 10.1. The summed E-state index contributed by atoms with van der Waals surface area (Å²) in [5.41, 5.74) is 0.474. The minimum absolute atomic E-state index is 0.000463. The molecule has 0 unspecified atom stereocenters. The van der Waals surface area contributed by atoms with Crippen LogP contribution in [0.5, 0.6) is 0 Å². The van der Waals surface area contributed by atoms with Crippen molar-refractivity contribution in [2.45, 2.75) is 38.5 Å². The second kappa shape index (κ2) is 11.4. The van der Waals surface area contributed by atoms with Crippen LogP contribution in [0, 0.1) is 5.92 Å². The number of hydrogen-bond acceptors (Lipinski definition) is 6. The number of sulfonamides is 1. The molecule has 2 amide bonds. The number of rotatable bonds is 11. The molecule has 0 saturated carbocycles. The molecule has 0 spiro atoms. The number of benzene rings is 1. The van der Waals surface area contributed by atoms with Gasteiger partial charge in [-0.25, -0.2) is 13.1 Å². The summed E-state index contributed by atoms with van der Waals surface area (Å²) in [6.45, 7) is 5.36. The number of hydrogen-bond donors (Lipinski definition) is 3. The number of carbonyl (C=O) groups excluding carboxylic acids is 3. The summed E-state index contributed by atoms with van der Waals surface area (Å²) >= 11 is 0. The highest BCUT2D eigenvalue weighted by Gasteiger charge is 2.15. The van der Waals surface area contributed by atoms with Crippen molar-refractivity contribution >= 4 is 33.5 Å². The van der Waals surface area contributed by atoms with E-state index < -0.39 is 28.5 Å². The van der Waals surface area contributed by atoms with E-state index in [1.54, 1.807) is 0 Å². The van der Waals surface area contributed by atoms with E-state index in [9.17, 15) is 22.8 Å². The molecule has 0 aromatic heterocycles. The Balaban J connectivity index is 2.36. The average molecular weight is 413 g/mol. The molecule has 0 bridgehead atoms. The van der Waals surface area contributed by atoms with Gasteiger partial charge >= 0.3 is 5.97 Å². The van der Waals surface area contributed by atoms with Crippen molar-refractivity contribution in [3.05, 3.63) is 24.3 Å². The number of carbonyl (C=O) groups is 3. The van der Waals surface area contributed by atoms with Crippen molar-refractivity contribution in [2.24, 2.45) is 5.92 Å². The smallest absolute Gasteiger partial charge is 0.307 e. The van der Waals surface area contributed by atoms with Crippen LogP contribution in [0.25, 0.3) is 0 Å². The highest BCUT2D eigenvalue weighted by atomic mass is 32.2. The minimum atomic E-state index is -3.80. The maximum atomic E-state index is 12.2. The Labute approximate surface area is 165 Å². The lowest BCUT2D eigenvalue weighted by Gasteiger charge is -2.09. The molecule has 3 N–H and O–H groups in total. The number of esters is 1. The first-order valence-electron chi connectivity index (χ1n) is 8.90. The molecule has 9 nitrogen and oxygen atoms in total. The topological polar surface area (TPSA) is 131 Å². The van der Waals surface area contributed by atoms with Crippen molar-refractivity contribution < 1.29 is 27.5 Å². The van der Waals surface area contributed by atoms with E-state index in [-0.39, 0.29) is 23.8 Å². The average Bonchev–Trinajstić information content (AvgIpc) is 2.59. The first-order valence-corrected chi connectivity index (χ1v) is 10.4. The molecule has 156 valence electrons. The normalized spacial score (nSPS) is 11.1. The first-order chi connectivity index (χ1) is 13.1. The molecule has 0 atom stereocenters. The van der Waals surface area contributed by atoms with E-state index in [0.29, 0.717) is 18.2 Å². The lowest BCUT2D eigenvalue weighted by Crippen LogP contribution is -2.31. The molecule has 1 aromatic rings. The quantitative estimate of drug-likeness (QED) is 0.464. The third-order valence-corrected chi connectivity index (χ3v) is 4.99. The summed E-state index contributed by atoms with van der Waals surface area (Å²) < 4.78 is 31.4. The lowest BCUT2D eigenvalue weighted by molar-refractivity contribution is -0.148. The molecule has 1 aromatic carbocycles. The Hall–Kier alpha value is -2.46. The number of nitrogens with one attached hydrogen (secondary N) is 3. The van der Waals surface area contributed by atoms with E-state index in [2.05, 4.69) is 15.4 Å². The van der Waals surface area contributed by atoms with Crippen LogP contribution in [0.3, 0.4) is 0 Å². The Bertz CT molecular complexity index is 775. The SMILES string of the molecule is CC(=O)Nc1ccc(S(=O)(=O)NCCC(=O)OCC(=O)NCCC(C)C)cc1. The van der Waals surface area contributed by atoms with E-state index in [1.807, 2.05) is 13.8 Å². The number of anilines is 1. The summed E-state index contributed by atoms with van der Waals surface area (Å²) in [4.78, 5) is 34.1. The summed E-state index contributed by atoms with van der Waals surface area (Å²) in [6, 6.07) is 5.60. The Morgan fingerprint density at radius 1 is 1.07 bits per heavy atom. The highest BCUT2D eigenvalue weighted by molar-refractivity contribution is 7.89. The fraction of sp³-hybridized carbons (Fsp3) is 0.500. The zero-order valence-electron chi connectivity index (χ0n) is 16.3. The van der Waals surface area contributed by atoms with Gasteiger partial charge in [-0.1, -0.05) is 13.8 Å². The molecule has 1 rings (SSSR count). The van der Waals surface area contributed by atoms with Crippen LogP contribution >= 0.6 is 0 Å². The standard InChI is InChI=1S/C18H27N3O6S/c1-13(2)8-10-19-17(23)12-27-18(24)9-11-20-28(25,26)16-6-4-15(5-7-16)21-14(3)22/h4-7,13,20H,8-12H2,1-3H3,(H,19,23)(H,21,22). The van der Waals surface area contributed by atoms with E-state index in [4.69, 9.17) is 4.74 Å². The molecule has 0 aliphatic heterocycles. The van der Waals surface area contributed by atoms with Crippen molar-refractivity contribution in [1.29, 1.82) is 0 Å². The van der Waals surface area contributed by atoms with Crippen LogP contribution in [0.1, 0.15) is 33.6 Å². The molecule has 0 aliphatic rings. The molecular formula is C18H27N3O6S. The van der Waals surface area contributed by atoms with Crippen LogP contribution < -0.4 is 15.4 Å². The minimum Gasteiger partial charge on any atom is -0.456 e. The van der Waals surface area contributed by atoms with Gasteiger partial charge in [-0.05, 0) is 36.6 Å². The molecule has 28 heavy (non-hydrogen) atoms. The molecule has 0 heterocycles. The van der Waals surface area contributed by atoms with Gasteiger partial charge < -0.3 is 15.4 Å². The second-order valence-corrected chi connectivity index (χ2v) is 8.31. The monoisotopic (exact) mass is 413 g/mol. The molecule has 0 aliphatic carbocycles. The van der Waals surface area contributed by atoms with Gasteiger partial charge in [0.15, 0.2) is 6.61 Å².